The summed E-state index contributed by atoms with van der Waals surface area (Å²) >= 11 is 0. The van der Waals surface area contributed by atoms with E-state index in [0.29, 0.717) is 12.3 Å². The van der Waals surface area contributed by atoms with Crippen molar-refractivity contribution < 1.29 is 9.59 Å². The van der Waals surface area contributed by atoms with E-state index in [-0.39, 0.29) is 18.4 Å². The Morgan fingerprint density at radius 3 is 2.62 bits per heavy atom. The Balaban J connectivity index is 1.79. The summed E-state index contributed by atoms with van der Waals surface area (Å²) in [5, 5.41) is 2.80. The number of carbonyl (C=O) groups excluding carboxylic acids is 2. The predicted molar refractivity (Wildman–Crippen MR) is 83.9 cm³/mol. The molecule has 2 rings (SSSR count). The average Bonchev–Trinajstić information content (AvgIpc) is 2.94. The fraction of sp³-hybridized carbons (Fsp3) is 0.412. The van der Waals surface area contributed by atoms with Crippen molar-refractivity contribution in [2.75, 3.05) is 18.9 Å². The molecule has 0 saturated heterocycles. The number of anilines is 1. The van der Waals surface area contributed by atoms with Crippen molar-refractivity contribution in [2.24, 2.45) is 5.92 Å². The Bertz CT molecular complexity index is 534. The lowest BCUT2D eigenvalue weighted by Gasteiger charge is -2.18. The van der Waals surface area contributed by atoms with Crippen LogP contribution in [-0.4, -0.2) is 30.3 Å². The number of nitrogens with one attached hydrogen (secondary N) is 1. The lowest BCUT2D eigenvalue weighted by Crippen LogP contribution is -2.35. The van der Waals surface area contributed by atoms with Gasteiger partial charge in [-0.25, -0.2) is 0 Å². The Labute approximate surface area is 125 Å². The van der Waals surface area contributed by atoms with Gasteiger partial charge in [-0.2, -0.15) is 0 Å². The van der Waals surface area contributed by atoms with E-state index in [4.69, 9.17) is 0 Å². The molecule has 112 valence electrons. The average molecular weight is 286 g/mol. The molecule has 1 aromatic carbocycles. The van der Waals surface area contributed by atoms with Gasteiger partial charge in [0, 0.05) is 19.2 Å². The monoisotopic (exact) mass is 286 g/mol. The van der Waals surface area contributed by atoms with Crippen LogP contribution in [-0.2, 0) is 9.59 Å². The van der Waals surface area contributed by atoms with Crippen molar-refractivity contribution >= 4 is 17.5 Å². The maximum atomic E-state index is 12.0. The molecule has 0 saturated carbocycles. The van der Waals surface area contributed by atoms with Crippen molar-refractivity contribution in [1.82, 2.24) is 4.90 Å². The van der Waals surface area contributed by atoms with Gasteiger partial charge in [0.05, 0.1) is 6.54 Å². The molecule has 4 heteroatoms. The molecule has 0 fully saturated rings. The Hall–Kier alpha value is -2.10. The van der Waals surface area contributed by atoms with Gasteiger partial charge in [0.25, 0.3) is 0 Å². The van der Waals surface area contributed by atoms with Gasteiger partial charge in [0.15, 0.2) is 0 Å². The first-order chi connectivity index (χ1) is 10.0. The lowest BCUT2D eigenvalue weighted by molar-refractivity contribution is -0.133. The number of amides is 2. The van der Waals surface area contributed by atoms with Crippen LogP contribution < -0.4 is 5.32 Å². The van der Waals surface area contributed by atoms with E-state index in [1.165, 1.54) is 4.90 Å². The molecule has 0 aromatic heterocycles. The lowest BCUT2D eigenvalue weighted by atomic mass is 10.0. The van der Waals surface area contributed by atoms with Gasteiger partial charge in [-0.3, -0.25) is 9.59 Å². The second-order valence-electron chi connectivity index (χ2n) is 5.63. The summed E-state index contributed by atoms with van der Waals surface area (Å²) in [4.78, 5) is 25.5. The zero-order valence-corrected chi connectivity index (χ0v) is 12.6. The molecule has 1 atom stereocenters. The predicted octanol–water partition coefficient (Wildman–Crippen LogP) is 2.75. The van der Waals surface area contributed by atoms with Crippen LogP contribution in [0.1, 0.15) is 24.8 Å². The van der Waals surface area contributed by atoms with Gasteiger partial charge in [0.2, 0.25) is 11.8 Å². The van der Waals surface area contributed by atoms with Crippen LogP contribution in [0.25, 0.3) is 0 Å². The molecule has 1 aliphatic carbocycles. The smallest absolute Gasteiger partial charge is 0.243 e. The summed E-state index contributed by atoms with van der Waals surface area (Å²) < 4.78 is 0. The second kappa shape index (κ2) is 7.07. The van der Waals surface area contributed by atoms with Gasteiger partial charge < -0.3 is 10.2 Å². The first-order valence-corrected chi connectivity index (χ1v) is 7.32. The number of rotatable bonds is 5. The zero-order chi connectivity index (χ0) is 15.2. The number of hydrogen-bond acceptors (Lipinski definition) is 2. The number of likely N-dealkylation sites (N-methyl/N-ethyl adjacent to an activating group) is 1. The maximum absolute atomic E-state index is 12.0. The molecule has 0 radical (unpaired) electrons. The summed E-state index contributed by atoms with van der Waals surface area (Å²) in [6.45, 7) is 2.08. The molecule has 2 amide bonds. The molecular formula is C17H22N2O2. The largest absolute Gasteiger partial charge is 0.336 e. The van der Waals surface area contributed by atoms with E-state index in [1.807, 2.05) is 31.2 Å². The van der Waals surface area contributed by atoms with Crippen LogP contribution >= 0.6 is 0 Å². The molecule has 1 N–H and O–H groups in total. The Morgan fingerprint density at radius 2 is 2.00 bits per heavy atom. The number of allylic oxidation sites excluding steroid dienone is 2. The van der Waals surface area contributed by atoms with E-state index in [1.54, 1.807) is 7.05 Å². The van der Waals surface area contributed by atoms with Crippen LogP contribution in [0.5, 0.6) is 0 Å². The van der Waals surface area contributed by atoms with Gasteiger partial charge >= 0.3 is 0 Å². The molecule has 1 aliphatic rings. The molecule has 4 nitrogen and oxygen atoms in total. The highest BCUT2D eigenvalue weighted by Gasteiger charge is 2.18. The quantitative estimate of drug-likeness (QED) is 0.846. The Morgan fingerprint density at radius 1 is 1.29 bits per heavy atom. The van der Waals surface area contributed by atoms with Gasteiger partial charge in [-0.05, 0) is 37.8 Å². The van der Waals surface area contributed by atoms with Crippen LogP contribution in [0, 0.1) is 12.8 Å². The highest BCUT2D eigenvalue weighted by Crippen LogP contribution is 2.20. The number of aryl methyl sites for hydroxylation is 1. The number of nitrogens with zero attached hydrogens (tertiary/aromatic N) is 1. The zero-order valence-electron chi connectivity index (χ0n) is 12.6. The van der Waals surface area contributed by atoms with Crippen molar-refractivity contribution in [3.63, 3.8) is 0 Å². The van der Waals surface area contributed by atoms with E-state index < -0.39 is 0 Å². The SMILES string of the molecule is Cc1ccc(NC(=O)CN(C)C(=O)C[C@@H]2C=CCC2)cc1. The maximum Gasteiger partial charge on any atom is 0.243 e. The van der Waals surface area contributed by atoms with Crippen LogP contribution in [0.2, 0.25) is 0 Å². The molecule has 0 spiro atoms. The molecular weight excluding hydrogens is 264 g/mol. The molecule has 0 unspecified atom stereocenters. The summed E-state index contributed by atoms with van der Waals surface area (Å²) in [5.74, 6) is 0.183. The second-order valence-corrected chi connectivity index (χ2v) is 5.63. The normalized spacial score (nSPS) is 16.8. The number of benzene rings is 1. The minimum Gasteiger partial charge on any atom is -0.336 e. The minimum absolute atomic E-state index is 0.0191. The van der Waals surface area contributed by atoms with Crippen LogP contribution in [0.15, 0.2) is 36.4 Å². The fourth-order valence-corrected chi connectivity index (χ4v) is 2.39. The number of hydrogen-bond donors (Lipinski definition) is 1. The summed E-state index contributed by atoms with van der Waals surface area (Å²) in [6.07, 6.45) is 6.79. The van der Waals surface area contributed by atoms with E-state index in [9.17, 15) is 9.59 Å². The number of carbonyl (C=O) groups is 2. The molecule has 0 bridgehead atoms. The van der Waals surface area contributed by atoms with Gasteiger partial charge in [0.1, 0.15) is 0 Å². The molecule has 0 heterocycles. The Kier molecular flexibility index (Phi) is 5.14. The fourth-order valence-electron chi connectivity index (χ4n) is 2.39. The van der Waals surface area contributed by atoms with Gasteiger partial charge in [-0.1, -0.05) is 29.8 Å². The minimum atomic E-state index is -0.170. The van der Waals surface area contributed by atoms with Crippen LogP contribution in [0.4, 0.5) is 5.69 Å². The van der Waals surface area contributed by atoms with Crippen molar-refractivity contribution in [1.29, 1.82) is 0 Å². The van der Waals surface area contributed by atoms with Crippen molar-refractivity contribution in [3.05, 3.63) is 42.0 Å². The van der Waals surface area contributed by atoms with E-state index in [2.05, 4.69) is 17.5 Å². The molecule has 0 aliphatic heterocycles. The third-order valence-corrected chi connectivity index (χ3v) is 3.69. The standard InChI is InChI=1S/C17H22N2O2/c1-13-7-9-15(10-8-13)18-16(20)12-19(2)17(21)11-14-5-3-4-6-14/h3,5,7-10,14H,4,6,11-12H2,1-2H3,(H,18,20)/t14-/m1/s1. The summed E-state index contributed by atoms with van der Waals surface area (Å²) in [7, 11) is 1.68. The van der Waals surface area contributed by atoms with Crippen LogP contribution in [0.3, 0.4) is 0 Å². The van der Waals surface area contributed by atoms with Crippen molar-refractivity contribution in [2.45, 2.75) is 26.2 Å². The highest BCUT2D eigenvalue weighted by molar-refractivity contribution is 5.94. The first kappa shape index (κ1) is 15.3. The summed E-state index contributed by atoms with van der Waals surface area (Å²) in [6, 6.07) is 7.60. The topological polar surface area (TPSA) is 49.4 Å². The van der Waals surface area contributed by atoms with Crippen molar-refractivity contribution in [3.8, 4) is 0 Å². The summed E-state index contributed by atoms with van der Waals surface area (Å²) in [5.41, 5.74) is 1.90. The molecule has 1 aromatic rings. The first-order valence-electron chi connectivity index (χ1n) is 7.32. The van der Waals surface area contributed by atoms with E-state index in [0.717, 1.165) is 24.1 Å². The third-order valence-electron chi connectivity index (χ3n) is 3.69. The third kappa shape index (κ3) is 4.74. The van der Waals surface area contributed by atoms with E-state index >= 15 is 0 Å². The molecule has 21 heavy (non-hydrogen) atoms. The highest BCUT2D eigenvalue weighted by atomic mass is 16.2. The van der Waals surface area contributed by atoms with Gasteiger partial charge in [-0.15, -0.1) is 0 Å².